The maximum atomic E-state index is 5.37. The molecule has 9 heteroatoms. The van der Waals surface area contributed by atoms with Gasteiger partial charge in [0.25, 0.3) is 0 Å². The number of rotatable bonds is 6. The van der Waals surface area contributed by atoms with Crippen LogP contribution in [0.5, 0.6) is 5.75 Å². The Hall–Kier alpha value is -3.04. The van der Waals surface area contributed by atoms with Gasteiger partial charge in [-0.2, -0.15) is 0 Å². The summed E-state index contributed by atoms with van der Waals surface area (Å²) in [6.07, 6.45) is 1.74. The summed E-state index contributed by atoms with van der Waals surface area (Å²) in [6.45, 7) is 3.98. The summed E-state index contributed by atoms with van der Waals surface area (Å²) >= 11 is 2.93. The number of para-hydroxylation sites is 2. The van der Waals surface area contributed by atoms with Gasteiger partial charge in [0.1, 0.15) is 16.5 Å². The number of nitrogens with zero attached hydrogens (tertiary/aromatic N) is 5. The van der Waals surface area contributed by atoms with Gasteiger partial charge < -0.3 is 10.1 Å². The first-order valence-corrected chi connectivity index (χ1v) is 10.5. The quantitative estimate of drug-likeness (QED) is 0.439. The lowest BCUT2D eigenvalue weighted by molar-refractivity contribution is 0.417. The van der Waals surface area contributed by atoms with E-state index in [0.29, 0.717) is 11.0 Å². The largest absolute Gasteiger partial charge is 0.495 e. The van der Waals surface area contributed by atoms with Crippen LogP contribution < -0.4 is 10.1 Å². The van der Waals surface area contributed by atoms with E-state index in [1.54, 1.807) is 13.3 Å². The highest BCUT2D eigenvalue weighted by molar-refractivity contribution is 8.01. The van der Waals surface area contributed by atoms with Crippen molar-refractivity contribution in [1.82, 2.24) is 25.1 Å². The predicted molar refractivity (Wildman–Crippen MR) is 115 cm³/mol. The molecule has 1 N–H and O–H groups in total. The molecule has 0 aliphatic heterocycles. The molecule has 0 aliphatic rings. The maximum absolute atomic E-state index is 5.37. The Labute approximate surface area is 176 Å². The Kier molecular flexibility index (Phi) is 5.68. The number of ether oxygens (including phenoxy) is 1. The van der Waals surface area contributed by atoms with Crippen LogP contribution in [-0.2, 0) is 0 Å². The number of benzene rings is 1. The minimum absolute atomic E-state index is 0.605. The zero-order chi connectivity index (χ0) is 20.2. The smallest absolute Gasteiger partial charge is 0.211 e. The third kappa shape index (κ3) is 4.36. The van der Waals surface area contributed by atoms with Gasteiger partial charge in [-0.3, -0.25) is 4.98 Å². The van der Waals surface area contributed by atoms with Gasteiger partial charge in [-0.1, -0.05) is 29.5 Å². The topological polar surface area (TPSA) is 85.7 Å². The fourth-order valence-corrected chi connectivity index (χ4v) is 4.37. The molecule has 0 radical (unpaired) electrons. The molecule has 4 rings (SSSR count). The summed E-state index contributed by atoms with van der Waals surface area (Å²) < 4.78 is 6.16. The van der Waals surface area contributed by atoms with Crippen molar-refractivity contribution in [2.24, 2.45) is 0 Å². The highest BCUT2D eigenvalue weighted by Crippen LogP contribution is 2.36. The third-order valence-electron chi connectivity index (χ3n) is 4.18. The number of hydrogen-bond donors (Lipinski definition) is 1. The van der Waals surface area contributed by atoms with Crippen LogP contribution in [0.15, 0.2) is 58.0 Å². The standard InChI is InChI=1S/C20H18N6OS2/c1-12-13(2)22-17(15-9-6-7-11-21-15)24-18(12)28-20-26-25-19(29-20)23-14-8-4-5-10-16(14)27-3/h4-11H,1-3H3,(H,23,25). The number of nitrogens with one attached hydrogen (secondary N) is 1. The van der Waals surface area contributed by atoms with E-state index >= 15 is 0 Å². The molecule has 0 unspecified atom stereocenters. The fraction of sp³-hybridized carbons (Fsp3) is 0.150. The van der Waals surface area contributed by atoms with E-state index in [9.17, 15) is 0 Å². The normalized spacial score (nSPS) is 10.7. The van der Waals surface area contributed by atoms with Crippen LogP contribution in [0.1, 0.15) is 11.3 Å². The second kappa shape index (κ2) is 8.54. The van der Waals surface area contributed by atoms with E-state index in [2.05, 4.69) is 25.5 Å². The first-order valence-electron chi connectivity index (χ1n) is 8.82. The summed E-state index contributed by atoms with van der Waals surface area (Å²) in [5.41, 5.74) is 3.52. The molecule has 0 aliphatic carbocycles. The number of aromatic nitrogens is 5. The van der Waals surface area contributed by atoms with E-state index in [4.69, 9.17) is 9.72 Å². The van der Waals surface area contributed by atoms with Crippen LogP contribution in [0, 0.1) is 13.8 Å². The first kappa shape index (κ1) is 19.3. The van der Waals surface area contributed by atoms with Gasteiger partial charge in [0, 0.05) is 17.5 Å². The average Bonchev–Trinajstić information content (AvgIpc) is 3.19. The Morgan fingerprint density at radius 1 is 1.00 bits per heavy atom. The number of aryl methyl sites for hydroxylation is 1. The van der Waals surface area contributed by atoms with Crippen molar-refractivity contribution >= 4 is 33.9 Å². The molecule has 1 aromatic carbocycles. The van der Waals surface area contributed by atoms with E-state index < -0.39 is 0 Å². The highest BCUT2D eigenvalue weighted by atomic mass is 32.2. The summed E-state index contributed by atoms with van der Waals surface area (Å²) in [7, 11) is 1.64. The fourth-order valence-electron chi connectivity index (χ4n) is 2.56. The molecule has 146 valence electrons. The van der Waals surface area contributed by atoms with Gasteiger partial charge in [0.2, 0.25) is 5.13 Å². The molecule has 0 saturated carbocycles. The number of pyridine rings is 1. The summed E-state index contributed by atoms with van der Waals surface area (Å²) in [5.74, 6) is 1.35. The predicted octanol–water partition coefficient (Wildman–Crippen LogP) is 4.91. The molecule has 29 heavy (non-hydrogen) atoms. The Balaban J connectivity index is 1.58. The second-order valence-electron chi connectivity index (χ2n) is 6.08. The van der Waals surface area contributed by atoms with E-state index in [0.717, 1.165) is 37.8 Å². The lowest BCUT2D eigenvalue weighted by Crippen LogP contribution is -1.99. The van der Waals surface area contributed by atoms with Gasteiger partial charge >= 0.3 is 0 Å². The van der Waals surface area contributed by atoms with Crippen LogP contribution >= 0.6 is 23.1 Å². The highest BCUT2D eigenvalue weighted by Gasteiger charge is 2.15. The lowest BCUT2D eigenvalue weighted by Gasteiger charge is -2.08. The molecule has 0 saturated heterocycles. The molecule has 0 spiro atoms. The zero-order valence-corrected chi connectivity index (χ0v) is 17.7. The molecule has 4 aromatic rings. The molecule has 3 aromatic heterocycles. The second-order valence-corrected chi connectivity index (χ2v) is 8.29. The van der Waals surface area contributed by atoms with Crippen molar-refractivity contribution in [3.63, 3.8) is 0 Å². The SMILES string of the molecule is COc1ccccc1Nc1nnc(Sc2nc(-c3ccccn3)nc(C)c2C)s1. The van der Waals surface area contributed by atoms with Gasteiger partial charge in [0.15, 0.2) is 10.2 Å². The molecule has 0 amide bonds. The molecular formula is C20H18N6OS2. The van der Waals surface area contributed by atoms with Crippen LogP contribution in [0.2, 0.25) is 0 Å². The number of methoxy groups -OCH3 is 1. The molecule has 7 nitrogen and oxygen atoms in total. The summed E-state index contributed by atoms with van der Waals surface area (Å²) in [4.78, 5) is 13.6. The summed E-state index contributed by atoms with van der Waals surface area (Å²) in [5, 5.41) is 13.3. The maximum Gasteiger partial charge on any atom is 0.211 e. The van der Waals surface area contributed by atoms with Crippen molar-refractivity contribution < 1.29 is 4.74 Å². The Morgan fingerprint density at radius 2 is 1.83 bits per heavy atom. The lowest BCUT2D eigenvalue weighted by atomic mass is 10.2. The Bertz CT molecular complexity index is 1130. The molecule has 3 heterocycles. The monoisotopic (exact) mass is 422 g/mol. The zero-order valence-electron chi connectivity index (χ0n) is 16.1. The Morgan fingerprint density at radius 3 is 2.62 bits per heavy atom. The van der Waals surface area contributed by atoms with E-state index in [1.165, 1.54) is 23.1 Å². The van der Waals surface area contributed by atoms with Gasteiger partial charge in [-0.05, 0) is 49.9 Å². The van der Waals surface area contributed by atoms with Crippen molar-refractivity contribution in [2.75, 3.05) is 12.4 Å². The summed E-state index contributed by atoms with van der Waals surface area (Å²) in [6, 6.07) is 13.4. The van der Waals surface area contributed by atoms with E-state index in [1.807, 2.05) is 56.3 Å². The molecule has 0 atom stereocenters. The van der Waals surface area contributed by atoms with Crippen LogP contribution in [0.4, 0.5) is 10.8 Å². The van der Waals surface area contributed by atoms with Gasteiger partial charge in [-0.25, -0.2) is 9.97 Å². The van der Waals surface area contributed by atoms with Crippen molar-refractivity contribution in [3.05, 3.63) is 59.9 Å². The van der Waals surface area contributed by atoms with Crippen molar-refractivity contribution in [2.45, 2.75) is 23.2 Å². The van der Waals surface area contributed by atoms with Crippen molar-refractivity contribution in [1.29, 1.82) is 0 Å². The minimum atomic E-state index is 0.605. The van der Waals surface area contributed by atoms with E-state index in [-0.39, 0.29) is 0 Å². The average molecular weight is 423 g/mol. The molecular weight excluding hydrogens is 404 g/mol. The third-order valence-corrected chi connectivity index (χ3v) is 6.16. The van der Waals surface area contributed by atoms with Gasteiger partial charge in [0.05, 0.1) is 12.8 Å². The minimum Gasteiger partial charge on any atom is -0.495 e. The van der Waals surface area contributed by atoms with Crippen LogP contribution in [0.25, 0.3) is 11.5 Å². The molecule has 0 bridgehead atoms. The van der Waals surface area contributed by atoms with Crippen LogP contribution in [-0.4, -0.2) is 32.3 Å². The number of hydrogen-bond acceptors (Lipinski definition) is 9. The number of anilines is 2. The molecule has 0 fully saturated rings. The van der Waals surface area contributed by atoms with Crippen molar-refractivity contribution in [3.8, 4) is 17.3 Å². The van der Waals surface area contributed by atoms with Crippen LogP contribution in [0.3, 0.4) is 0 Å². The first-order chi connectivity index (χ1) is 14.1. The van der Waals surface area contributed by atoms with Gasteiger partial charge in [-0.15, -0.1) is 10.2 Å².